The average molecular weight is 243 g/mol. The number of aromatic nitrogens is 1. The second kappa shape index (κ2) is 3.54. The number of halogens is 1. The monoisotopic (exact) mass is 242 g/mol. The Morgan fingerprint density at radius 1 is 1.54 bits per heavy atom. The van der Waals surface area contributed by atoms with Gasteiger partial charge in [-0.3, -0.25) is 0 Å². The summed E-state index contributed by atoms with van der Waals surface area (Å²) in [6.07, 6.45) is 5.56. The molecule has 1 aliphatic rings. The first-order chi connectivity index (χ1) is 6.25. The average Bonchev–Trinajstić information content (AvgIpc) is 2.04. The van der Waals surface area contributed by atoms with Crippen molar-refractivity contribution in [3.05, 3.63) is 16.7 Å². The van der Waals surface area contributed by atoms with Crippen LogP contribution in [0.1, 0.15) is 19.3 Å². The van der Waals surface area contributed by atoms with E-state index in [2.05, 4.69) is 20.9 Å². The first kappa shape index (κ1) is 8.81. The van der Waals surface area contributed by atoms with E-state index in [0.29, 0.717) is 17.7 Å². The first-order valence-corrected chi connectivity index (χ1v) is 5.12. The molecule has 0 unspecified atom stereocenters. The van der Waals surface area contributed by atoms with Crippen molar-refractivity contribution < 1.29 is 4.74 Å². The lowest BCUT2D eigenvalue weighted by atomic mass is 9.96. The number of nitrogens with zero attached hydrogens (tertiary/aromatic N) is 1. The van der Waals surface area contributed by atoms with Crippen LogP contribution in [0.4, 0.5) is 5.69 Å². The summed E-state index contributed by atoms with van der Waals surface area (Å²) in [5.41, 5.74) is 6.36. The second-order valence-corrected chi connectivity index (χ2v) is 4.07. The molecule has 0 aliphatic heterocycles. The van der Waals surface area contributed by atoms with E-state index in [-0.39, 0.29) is 0 Å². The fraction of sp³-hybridized carbons (Fsp3) is 0.444. The predicted molar refractivity (Wildman–Crippen MR) is 54.6 cm³/mol. The summed E-state index contributed by atoms with van der Waals surface area (Å²) in [4.78, 5) is 4.11. The van der Waals surface area contributed by atoms with Gasteiger partial charge in [-0.25, -0.2) is 4.98 Å². The Hall–Kier alpha value is -0.770. The lowest BCUT2D eigenvalue weighted by Gasteiger charge is -2.25. The molecule has 4 heteroatoms. The van der Waals surface area contributed by atoms with Crippen molar-refractivity contribution in [2.24, 2.45) is 0 Å². The molecule has 0 bridgehead atoms. The number of nitrogens with two attached hydrogens (primary N) is 1. The third-order valence-electron chi connectivity index (χ3n) is 2.20. The zero-order valence-electron chi connectivity index (χ0n) is 7.16. The molecule has 2 N–H and O–H groups in total. The highest BCUT2D eigenvalue weighted by atomic mass is 79.9. The van der Waals surface area contributed by atoms with E-state index >= 15 is 0 Å². The van der Waals surface area contributed by atoms with Gasteiger partial charge in [-0.1, -0.05) is 0 Å². The van der Waals surface area contributed by atoms with Crippen LogP contribution < -0.4 is 10.5 Å². The van der Waals surface area contributed by atoms with Crippen molar-refractivity contribution in [1.82, 2.24) is 4.98 Å². The molecule has 0 saturated heterocycles. The molecule has 1 heterocycles. The lowest BCUT2D eigenvalue weighted by molar-refractivity contribution is 0.115. The number of pyridine rings is 1. The molecular formula is C9H11BrN2O. The summed E-state index contributed by atoms with van der Waals surface area (Å²) in [7, 11) is 0. The molecule has 1 aromatic rings. The highest BCUT2D eigenvalue weighted by Gasteiger charge is 2.19. The maximum absolute atomic E-state index is 5.69. The van der Waals surface area contributed by atoms with Crippen molar-refractivity contribution in [3.63, 3.8) is 0 Å². The number of nitrogen functional groups attached to an aromatic ring is 1. The van der Waals surface area contributed by atoms with Crippen molar-refractivity contribution in [3.8, 4) is 5.88 Å². The zero-order chi connectivity index (χ0) is 9.26. The van der Waals surface area contributed by atoms with Crippen LogP contribution in [0.25, 0.3) is 0 Å². The van der Waals surface area contributed by atoms with Crippen LogP contribution in [-0.4, -0.2) is 11.1 Å². The van der Waals surface area contributed by atoms with E-state index in [1.165, 1.54) is 6.42 Å². The lowest BCUT2D eigenvalue weighted by Crippen LogP contribution is -2.24. The van der Waals surface area contributed by atoms with Crippen molar-refractivity contribution in [2.45, 2.75) is 25.4 Å². The molecule has 13 heavy (non-hydrogen) atoms. The number of hydrogen-bond donors (Lipinski definition) is 1. The minimum atomic E-state index is 0.355. The Bertz CT molecular complexity index is 312. The molecule has 1 fully saturated rings. The number of anilines is 1. The van der Waals surface area contributed by atoms with E-state index in [1.807, 2.05) is 0 Å². The maximum atomic E-state index is 5.69. The van der Waals surface area contributed by atoms with Crippen molar-refractivity contribution in [2.75, 3.05) is 5.73 Å². The van der Waals surface area contributed by atoms with Crippen LogP contribution in [0, 0.1) is 0 Å². The maximum Gasteiger partial charge on any atom is 0.215 e. The fourth-order valence-electron chi connectivity index (χ4n) is 1.16. The number of hydrogen-bond acceptors (Lipinski definition) is 3. The van der Waals surface area contributed by atoms with Crippen LogP contribution >= 0.6 is 15.9 Å². The minimum Gasteiger partial charge on any atom is -0.474 e. The van der Waals surface area contributed by atoms with Gasteiger partial charge in [0, 0.05) is 12.3 Å². The normalized spacial score (nSPS) is 16.7. The largest absolute Gasteiger partial charge is 0.474 e. The Kier molecular flexibility index (Phi) is 2.40. The van der Waals surface area contributed by atoms with Crippen LogP contribution in [0.15, 0.2) is 16.7 Å². The smallest absolute Gasteiger partial charge is 0.215 e. The molecule has 0 atom stereocenters. The van der Waals surface area contributed by atoms with Crippen LogP contribution in [0.5, 0.6) is 5.88 Å². The number of rotatable bonds is 2. The van der Waals surface area contributed by atoms with E-state index in [9.17, 15) is 0 Å². The van der Waals surface area contributed by atoms with Gasteiger partial charge in [0.25, 0.3) is 0 Å². The van der Waals surface area contributed by atoms with Crippen LogP contribution in [-0.2, 0) is 0 Å². The van der Waals surface area contributed by atoms with Crippen molar-refractivity contribution in [1.29, 1.82) is 0 Å². The summed E-state index contributed by atoms with van der Waals surface area (Å²) >= 11 is 3.28. The van der Waals surface area contributed by atoms with E-state index in [4.69, 9.17) is 10.5 Å². The Labute approximate surface area is 85.4 Å². The quantitative estimate of drug-likeness (QED) is 0.867. The van der Waals surface area contributed by atoms with Crippen LogP contribution in [0.3, 0.4) is 0 Å². The van der Waals surface area contributed by atoms with E-state index in [1.54, 1.807) is 12.3 Å². The predicted octanol–water partition coefficient (Wildman–Crippen LogP) is 2.36. The highest BCUT2D eigenvalue weighted by molar-refractivity contribution is 9.10. The topological polar surface area (TPSA) is 48.1 Å². The Morgan fingerprint density at radius 2 is 2.31 bits per heavy atom. The molecular weight excluding hydrogens is 232 g/mol. The van der Waals surface area contributed by atoms with Gasteiger partial charge < -0.3 is 10.5 Å². The molecule has 3 nitrogen and oxygen atoms in total. The van der Waals surface area contributed by atoms with E-state index in [0.717, 1.165) is 17.3 Å². The zero-order valence-corrected chi connectivity index (χ0v) is 8.75. The van der Waals surface area contributed by atoms with E-state index < -0.39 is 0 Å². The van der Waals surface area contributed by atoms with Gasteiger partial charge >= 0.3 is 0 Å². The summed E-state index contributed by atoms with van der Waals surface area (Å²) in [5.74, 6) is 0.630. The molecule has 0 amide bonds. The minimum absolute atomic E-state index is 0.355. The first-order valence-electron chi connectivity index (χ1n) is 4.33. The Balaban J connectivity index is 2.07. The van der Waals surface area contributed by atoms with Gasteiger partial charge in [-0.15, -0.1) is 0 Å². The number of ether oxygens (including phenoxy) is 1. The molecule has 0 spiro atoms. The molecule has 0 radical (unpaired) electrons. The van der Waals surface area contributed by atoms with Gasteiger partial charge in [0.05, 0.1) is 10.2 Å². The van der Waals surface area contributed by atoms with Crippen LogP contribution in [0.2, 0.25) is 0 Å². The SMILES string of the molecule is Nc1cc(OC2CCC2)ncc1Br. The molecule has 1 aromatic heterocycles. The van der Waals surface area contributed by atoms with Gasteiger partial charge in [0.1, 0.15) is 6.10 Å². The molecule has 0 aromatic carbocycles. The summed E-state index contributed by atoms with van der Waals surface area (Å²) in [5, 5.41) is 0. The van der Waals surface area contributed by atoms with Gasteiger partial charge in [0.15, 0.2) is 0 Å². The molecule has 1 aliphatic carbocycles. The van der Waals surface area contributed by atoms with Gasteiger partial charge in [-0.2, -0.15) is 0 Å². The van der Waals surface area contributed by atoms with Gasteiger partial charge in [0.2, 0.25) is 5.88 Å². The summed E-state index contributed by atoms with van der Waals surface area (Å²) < 4.78 is 6.39. The third-order valence-corrected chi connectivity index (χ3v) is 2.86. The third kappa shape index (κ3) is 1.94. The summed E-state index contributed by atoms with van der Waals surface area (Å²) in [6, 6.07) is 1.75. The highest BCUT2D eigenvalue weighted by Crippen LogP contribution is 2.27. The molecule has 1 saturated carbocycles. The molecule has 70 valence electrons. The van der Waals surface area contributed by atoms with Crippen molar-refractivity contribution >= 4 is 21.6 Å². The van der Waals surface area contributed by atoms with Gasteiger partial charge in [-0.05, 0) is 35.2 Å². The fourth-order valence-corrected chi connectivity index (χ4v) is 1.37. The standard InChI is InChI=1S/C9H11BrN2O/c10-7-5-12-9(4-8(7)11)13-6-2-1-3-6/h4-6H,1-3H2,(H2,11,12). The Morgan fingerprint density at radius 3 is 2.85 bits per heavy atom. The summed E-state index contributed by atoms with van der Waals surface area (Å²) in [6.45, 7) is 0. The molecule has 2 rings (SSSR count). The second-order valence-electron chi connectivity index (χ2n) is 3.21.